The van der Waals surface area contributed by atoms with Crippen LogP contribution in [0.2, 0.25) is 5.02 Å². The van der Waals surface area contributed by atoms with Crippen LogP contribution >= 0.6 is 33.2 Å². The number of carbonyl (C=O) groups excluding carboxylic acids is 9. The third-order valence-corrected chi connectivity index (χ3v) is 17.5. The van der Waals surface area contributed by atoms with Crippen molar-refractivity contribution in [3.8, 4) is 5.75 Å². The molecule has 36 nitrogen and oxygen atoms in total. The van der Waals surface area contributed by atoms with Crippen molar-refractivity contribution >= 4 is 150 Å². The van der Waals surface area contributed by atoms with Crippen molar-refractivity contribution < 1.29 is 92.2 Å². The Kier molecular flexibility index (Phi) is 29.6. The molecule has 538 valence electrons. The summed E-state index contributed by atoms with van der Waals surface area (Å²) in [6, 6.07) is 6.04. The van der Waals surface area contributed by atoms with Crippen LogP contribution < -0.4 is 64.3 Å². The second-order valence-corrected chi connectivity index (χ2v) is 25.1. The molecule has 39 heteroatoms. The summed E-state index contributed by atoms with van der Waals surface area (Å²) in [5.41, 5.74) is 13.1. The lowest BCUT2D eigenvalue weighted by Gasteiger charge is -2.26. The highest BCUT2D eigenvalue weighted by atomic mass is 35.5. The van der Waals surface area contributed by atoms with E-state index < -0.39 is 145 Å². The summed E-state index contributed by atoms with van der Waals surface area (Å²) in [6.07, 6.45) is -3.12. The van der Waals surface area contributed by atoms with Crippen molar-refractivity contribution in [1.29, 1.82) is 5.41 Å². The zero-order valence-electron chi connectivity index (χ0n) is 53.8. The zero-order valence-corrected chi connectivity index (χ0v) is 56.2. The van der Waals surface area contributed by atoms with Crippen LogP contribution in [0.1, 0.15) is 89.0 Å². The van der Waals surface area contributed by atoms with E-state index in [1.165, 1.54) is 42.1 Å². The molecular weight excluding hydrogens is 1390 g/mol. The van der Waals surface area contributed by atoms with Gasteiger partial charge in [0.05, 0.1) is 56.9 Å². The second kappa shape index (κ2) is 38.1. The number of hydrogen-bond acceptors (Lipinski definition) is 24. The Morgan fingerprint density at radius 3 is 1.97 bits per heavy atom. The molecule has 6 atom stereocenters. The number of nitrogens with two attached hydrogens (primary N) is 2. The number of aldehydes is 1. The number of methoxy groups -OCH3 is 1. The number of nitrogens with one attached hydrogen (secondary N) is 10. The van der Waals surface area contributed by atoms with Crippen LogP contribution in [0, 0.1) is 12.3 Å². The number of carboxylic acids is 4. The van der Waals surface area contributed by atoms with Crippen molar-refractivity contribution in [2.75, 3.05) is 42.8 Å². The number of fused-ring (bicyclic) bond motifs is 2. The number of esters is 1. The molecule has 0 aliphatic rings. The Bertz CT molecular complexity index is 4160. The van der Waals surface area contributed by atoms with Crippen molar-refractivity contribution in [2.45, 2.75) is 108 Å². The monoisotopic (exact) mass is 1460 g/mol. The van der Waals surface area contributed by atoms with Crippen LogP contribution in [0.3, 0.4) is 0 Å². The van der Waals surface area contributed by atoms with E-state index in [0.29, 0.717) is 55.6 Å². The number of aliphatic carboxylic acids is 4. The van der Waals surface area contributed by atoms with Crippen LogP contribution in [-0.2, 0) is 70.4 Å². The van der Waals surface area contributed by atoms with E-state index in [9.17, 15) is 87.5 Å². The van der Waals surface area contributed by atoms with Crippen LogP contribution in [0.15, 0.2) is 77.7 Å². The normalized spacial score (nSPS) is 12.7. The number of nitrogens with zero attached hydrogens (tertiary/aromatic N) is 4. The van der Waals surface area contributed by atoms with Crippen LogP contribution in [-0.4, -0.2) is 196 Å². The summed E-state index contributed by atoms with van der Waals surface area (Å²) in [5, 5.41) is 66.6. The fourth-order valence-electron chi connectivity index (χ4n) is 9.66. The number of guanidine groups is 1. The highest BCUT2D eigenvalue weighted by Gasteiger charge is 2.35. The highest BCUT2D eigenvalue weighted by molar-refractivity contribution is 8.76. The molecule has 0 radical (unpaired) electrons. The lowest BCUT2D eigenvalue weighted by atomic mass is 10.1. The molecule has 0 saturated carbocycles. The van der Waals surface area contributed by atoms with Crippen LogP contribution in [0.4, 0.5) is 11.6 Å². The van der Waals surface area contributed by atoms with Gasteiger partial charge in [-0.25, -0.2) is 19.6 Å². The van der Waals surface area contributed by atoms with Gasteiger partial charge in [-0.2, -0.15) is 4.98 Å². The average molecular weight is 1460 g/mol. The lowest BCUT2D eigenvalue weighted by molar-refractivity contribution is -0.144. The number of benzene rings is 3. The maximum atomic E-state index is 14.0. The van der Waals surface area contributed by atoms with Crippen molar-refractivity contribution in [2.24, 2.45) is 5.73 Å². The molecule has 6 aromatic rings. The highest BCUT2D eigenvalue weighted by Crippen LogP contribution is 2.32. The Balaban J connectivity index is 1.00. The van der Waals surface area contributed by atoms with E-state index in [-0.39, 0.29) is 86.0 Å². The topological polar surface area (TPSA) is 570 Å². The number of aromatic nitrogens is 5. The fourth-order valence-corrected chi connectivity index (χ4v) is 12.0. The van der Waals surface area contributed by atoms with Crippen molar-refractivity contribution in [3.63, 3.8) is 0 Å². The summed E-state index contributed by atoms with van der Waals surface area (Å²) in [5.74, 6) is -14.8. The van der Waals surface area contributed by atoms with E-state index >= 15 is 0 Å². The summed E-state index contributed by atoms with van der Waals surface area (Å²) < 4.78 is 12.4. The summed E-state index contributed by atoms with van der Waals surface area (Å²) in [4.78, 5) is 196. The van der Waals surface area contributed by atoms with Gasteiger partial charge in [0.15, 0.2) is 17.1 Å². The van der Waals surface area contributed by atoms with Gasteiger partial charge < -0.3 is 88.7 Å². The van der Waals surface area contributed by atoms with Gasteiger partial charge in [-0.05, 0) is 105 Å². The van der Waals surface area contributed by atoms with Crippen molar-refractivity contribution in [1.82, 2.24) is 61.7 Å². The Hall–Kier alpha value is -11.4. The van der Waals surface area contributed by atoms with E-state index in [1.54, 1.807) is 49.4 Å². The number of carbonyl (C=O) groups is 13. The number of ether oxygens (including phenoxy) is 2. The molecule has 6 unspecified atom stereocenters. The SMILES string of the molecule is COc1ccc2c(c1)c(CC(=O)OCCCSSCC(NC(=O)C(CC(=O)O)NC(=O)C(CC(=O)O)NC(=O)C(CCCNC(=N)N)NC(=O)C(CC=O)NC(=O)CCC(NC(=O)c1ccc(NCc3cnc4nc(N)[nH]c(=O)c4n3)cc1)C(=O)O)C(=O)O)c(C)n2C(=O)c1ccc(Cl)cc1. The van der Waals surface area contributed by atoms with E-state index in [2.05, 4.69) is 57.2 Å². The molecule has 3 heterocycles. The molecule has 6 amide bonds. The first-order valence-electron chi connectivity index (χ1n) is 30.5. The number of anilines is 2. The minimum absolute atomic E-state index is 0.00851. The van der Waals surface area contributed by atoms with Gasteiger partial charge in [0.25, 0.3) is 17.4 Å². The van der Waals surface area contributed by atoms with E-state index in [0.717, 1.165) is 21.6 Å². The van der Waals surface area contributed by atoms with Gasteiger partial charge in [0, 0.05) is 63.8 Å². The van der Waals surface area contributed by atoms with Crippen molar-refractivity contribution in [3.05, 3.63) is 116 Å². The third-order valence-electron chi connectivity index (χ3n) is 14.7. The Morgan fingerprint density at radius 1 is 0.743 bits per heavy atom. The van der Waals surface area contributed by atoms with E-state index in [1.807, 2.05) is 5.32 Å². The average Bonchev–Trinajstić information content (AvgIpc) is 1.61. The quantitative estimate of drug-likeness (QED) is 0.00616. The molecule has 3 aromatic carbocycles. The van der Waals surface area contributed by atoms with Gasteiger partial charge in [-0.1, -0.05) is 33.2 Å². The third kappa shape index (κ3) is 23.9. The largest absolute Gasteiger partial charge is 0.497 e. The summed E-state index contributed by atoms with van der Waals surface area (Å²) >= 11 is 6.04. The predicted molar refractivity (Wildman–Crippen MR) is 364 cm³/mol. The maximum absolute atomic E-state index is 14.0. The summed E-state index contributed by atoms with van der Waals surface area (Å²) in [7, 11) is 3.58. The maximum Gasteiger partial charge on any atom is 0.327 e. The van der Waals surface area contributed by atoms with Gasteiger partial charge >= 0.3 is 29.8 Å². The smallest absolute Gasteiger partial charge is 0.327 e. The van der Waals surface area contributed by atoms with E-state index in [4.69, 9.17) is 38.0 Å². The first-order chi connectivity index (χ1) is 48.0. The molecule has 3 aromatic heterocycles. The minimum atomic E-state index is -2.13. The molecule has 0 aliphatic carbocycles. The number of nitrogen functional groups attached to an aromatic ring is 1. The zero-order chi connectivity index (χ0) is 74.0. The Labute approximate surface area is 585 Å². The molecule has 101 heavy (non-hydrogen) atoms. The molecule has 0 saturated heterocycles. The van der Waals surface area contributed by atoms with Gasteiger partial charge in [0.2, 0.25) is 35.5 Å². The molecule has 18 N–H and O–H groups in total. The predicted octanol–water partition coefficient (Wildman–Crippen LogP) is 0.352. The standard InChI is InChI=1S/C62H71ClN16O20S2/c1-30-37(38-23-36(98-2)14-16-45(38)79(30)58(93)32-6-10-33(63)11-7-32)24-49(86)99-21-4-22-100-101-29-44(60(96)97)76-56(91)43(26-48(84)85)75-55(90)42(25-47(82)83)74-53(88)39(5-3-19-67-61(64)65)72-54(89)40(18-20-80)71-46(81)17-15-41(59(94)95)73-52(87)31-8-12-34(13-9-31)68-27-35-28-69-51-50(70-35)57(92)78-62(66)77-51/h6-14,16,20,23,28,39-44,68H,3-5,15,17-19,21-22,24-27,29H2,1-2H3,(H,71,81)(H,72,89)(H,73,87)(H,74,88)(H,75,90)(H,76,91)(H,82,83)(H,84,85)(H,94,95)(H,96,97)(H4,64,65,67)(H3,66,69,77,78,92). The number of halogens is 1. The molecule has 0 fully saturated rings. The number of rotatable bonds is 40. The van der Waals surface area contributed by atoms with Crippen LogP contribution in [0.5, 0.6) is 5.75 Å². The molecule has 6 rings (SSSR count). The van der Waals surface area contributed by atoms with Crippen LogP contribution in [0.25, 0.3) is 22.1 Å². The number of hydrogen-bond donors (Lipinski definition) is 16. The number of amides is 6. The summed E-state index contributed by atoms with van der Waals surface area (Å²) in [6.45, 7) is 1.62. The van der Waals surface area contributed by atoms with Gasteiger partial charge in [-0.3, -0.25) is 67.7 Å². The second-order valence-electron chi connectivity index (χ2n) is 22.1. The van der Waals surface area contributed by atoms with Gasteiger partial charge in [0.1, 0.15) is 48.3 Å². The number of H-pyrrole nitrogens is 1. The lowest BCUT2D eigenvalue weighted by Crippen LogP contribution is -2.59. The van der Waals surface area contributed by atoms with Gasteiger partial charge in [-0.15, -0.1) is 0 Å². The minimum Gasteiger partial charge on any atom is -0.497 e. The first kappa shape index (κ1) is 78.6. The Morgan fingerprint density at radius 2 is 1.36 bits per heavy atom. The first-order valence-corrected chi connectivity index (χ1v) is 33.4. The molecule has 0 bridgehead atoms. The molecule has 0 spiro atoms. The number of carboxylic acid groups (broad SMARTS) is 4. The molecular formula is C62H71ClN16O20S2. The molecule has 0 aliphatic heterocycles. The number of aromatic amines is 1. The fraction of sp³-hybridized carbons (Fsp3) is 0.355.